The fourth-order valence-corrected chi connectivity index (χ4v) is 2.36. The molecule has 102 valence electrons. The molecule has 0 spiro atoms. The minimum Gasteiger partial charge on any atom is -0.314 e. The second kappa shape index (κ2) is 6.83. The summed E-state index contributed by atoms with van der Waals surface area (Å²) in [7, 11) is 0. The number of hydrogen-bond acceptors (Lipinski definition) is 1. The topological polar surface area (TPSA) is 41.1 Å². The van der Waals surface area contributed by atoms with Crippen molar-refractivity contribution in [2.24, 2.45) is 0 Å². The molecule has 1 aliphatic rings. The molecule has 0 bridgehead atoms. The Balaban J connectivity index is 1.88. The Bertz CT molecular complexity index is 492. The molecule has 1 fully saturated rings. The maximum Gasteiger partial charge on any atom is 0.323 e. The molecule has 0 radical (unpaired) electrons. The number of urea groups is 1. The van der Waals surface area contributed by atoms with Crippen molar-refractivity contribution in [3.8, 4) is 0 Å². The van der Waals surface area contributed by atoms with Gasteiger partial charge in [-0.25, -0.2) is 4.79 Å². The number of rotatable bonds is 2. The first kappa shape index (κ1) is 14.2. The fourth-order valence-electron chi connectivity index (χ4n) is 2.06. The van der Waals surface area contributed by atoms with E-state index in [2.05, 4.69) is 10.6 Å². The fraction of sp³-hybridized carbons (Fsp3) is 0.357. The van der Waals surface area contributed by atoms with Gasteiger partial charge in [-0.2, -0.15) is 0 Å². The highest BCUT2D eigenvalue weighted by atomic mass is 35.5. The summed E-state index contributed by atoms with van der Waals surface area (Å²) in [5.41, 5.74) is 1.92. The summed E-state index contributed by atoms with van der Waals surface area (Å²) in [6.45, 7) is 0. The average molecular weight is 299 g/mol. The molecule has 1 aromatic rings. The molecule has 5 heteroatoms. The van der Waals surface area contributed by atoms with Crippen LogP contribution in [0.5, 0.6) is 0 Å². The van der Waals surface area contributed by atoms with E-state index in [1.165, 1.54) is 24.8 Å². The standard InChI is InChI=1S/C14H16Cl2N2O/c15-12-7-6-11(8-13(12)16)18-14(19)17-9-10-4-2-1-3-5-10/h6-9H,1-5H2,(H2,17,18,19). The summed E-state index contributed by atoms with van der Waals surface area (Å²) in [4.78, 5) is 11.7. The van der Waals surface area contributed by atoms with E-state index in [0.29, 0.717) is 15.7 Å². The molecule has 0 heterocycles. The van der Waals surface area contributed by atoms with Crippen LogP contribution in [0.25, 0.3) is 0 Å². The molecular formula is C14H16Cl2N2O. The third kappa shape index (κ3) is 4.44. The van der Waals surface area contributed by atoms with E-state index in [1.807, 2.05) is 6.20 Å². The van der Waals surface area contributed by atoms with Crippen molar-refractivity contribution in [2.75, 3.05) is 5.32 Å². The summed E-state index contributed by atoms with van der Waals surface area (Å²) in [6, 6.07) is 4.72. The number of anilines is 1. The van der Waals surface area contributed by atoms with Gasteiger partial charge in [-0.3, -0.25) is 0 Å². The molecule has 2 rings (SSSR count). The SMILES string of the molecule is O=C(NC=C1CCCCC1)Nc1ccc(Cl)c(Cl)c1. The molecule has 0 saturated heterocycles. The van der Waals surface area contributed by atoms with Gasteiger partial charge in [-0.15, -0.1) is 0 Å². The van der Waals surface area contributed by atoms with Gasteiger partial charge in [-0.1, -0.05) is 35.2 Å². The van der Waals surface area contributed by atoms with Crippen LogP contribution in [0.1, 0.15) is 32.1 Å². The van der Waals surface area contributed by atoms with E-state index in [4.69, 9.17) is 23.2 Å². The maximum atomic E-state index is 11.7. The van der Waals surface area contributed by atoms with Crippen LogP contribution in [-0.2, 0) is 0 Å². The normalized spacial score (nSPS) is 14.9. The molecule has 0 aromatic heterocycles. The minimum atomic E-state index is -0.267. The molecule has 0 aliphatic heterocycles. The van der Waals surface area contributed by atoms with Crippen molar-refractivity contribution in [1.82, 2.24) is 5.32 Å². The Morgan fingerprint density at radius 3 is 2.53 bits per heavy atom. The number of allylic oxidation sites excluding steroid dienone is 1. The Labute approximate surface area is 123 Å². The third-order valence-corrected chi connectivity index (χ3v) is 3.82. The summed E-state index contributed by atoms with van der Waals surface area (Å²) in [5.74, 6) is 0. The number of nitrogens with one attached hydrogen (secondary N) is 2. The monoisotopic (exact) mass is 298 g/mol. The van der Waals surface area contributed by atoms with Gasteiger partial charge in [0.2, 0.25) is 0 Å². The van der Waals surface area contributed by atoms with Crippen LogP contribution in [0.2, 0.25) is 10.0 Å². The van der Waals surface area contributed by atoms with Crippen LogP contribution >= 0.6 is 23.2 Å². The Morgan fingerprint density at radius 2 is 1.84 bits per heavy atom. The first-order valence-electron chi connectivity index (χ1n) is 6.35. The summed E-state index contributed by atoms with van der Waals surface area (Å²) >= 11 is 11.7. The average Bonchev–Trinajstić information content (AvgIpc) is 2.42. The lowest BCUT2D eigenvalue weighted by Crippen LogP contribution is -2.24. The van der Waals surface area contributed by atoms with Gasteiger partial charge in [0.25, 0.3) is 0 Å². The molecule has 1 aromatic carbocycles. The van der Waals surface area contributed by atoms with Crippen LogP contribution in [0.4, 0.5) is 10.5 Å². The Kier molecular flexibility index (Phi) is 5.11. The van der Waals surface area contributed by atoms with Crippen molar-refractivity contribution in [1.29, 1.82) is 0 Å². The number of amides is 2. The Morgan fingerprint density at radius 1 is 1.11 bits per heavy atom. The summed E-state index contributed by atoms with van der Waals surface area (Å²) in [6.07, 6.45) is 7.67. The van der Waals surface area contributed by atoms with Crippen molar-refractivity contribution < 1.29 is 4.79 Å². The Hall–Kier alpha value is -1.19. The smallest absolute Gasteiger partial charge is 0.314 e. The minimum absolute atomic E-state index is 0.267. The van der Waals surface area contributed by atoms with Crippen LogP contribution < -0.4 is 10.6 Å². The van der Waals surface area contributed by atoms with Crippen LogP contribution in [0.3, 0.4) is 0 Å². The predicted octanol–water partition coefficient (Wildman–Crippen LogP) is 4.96. The predicted molar refractivity (Wildman–Crippen MR) is 79.8 cm³/mol. The van der Waals surface area contributed by atoms with Gasteiger partial charge in [-0.05, 0) is 43.9 Å². The van der Waals surface area contributed by atoms with E-state index in [0.717, 1.165) is 12.8 Å². The zero-order valence-electron chi connectivity index (χ0n) is 10.5. The van der Waals surface area contributed by atoms with E-state index >= 15 is 0 Å². The zero-order chi connectivity index (χ0) is 13.7. The van der Waals surface area contributed by atoms with Crippen molar-refractivity contribution >= 4 is 34.9 Å². The lowest BCUT2D eigenvalue weighted by Gasteiger charge is -2.13. The molecule has 1 saturated carbocycles. The molecule has 19 heavy (non-hydrogen) atoms. The quantitative estimate of drug-likeness (QED) is 0.796. The highest BCUT2D eigenvalue weighted by Gasteiger charge is 2.06. The van der Waals surface area contributed by atoms with E-state index in [1.54, 1.807) is 18.2 Å². The van der Waals surface area contributed by atoms with E-state index in [-0.39, 0.29) is 6.03 Å². The maximum absolute atomic E-state index is 11.7. The first-order chi connectivity index (χ1) is 9.15. The van der Waals surface area contributed by atoms with Crippen LogP contribution in [0.15, 0.2) is 30.0 Å². The van der Waals surface area contributed by atoms with Crippen molar-refractivity contribution in [2.45, 2.75) is 32.1 Å². The molecule has 1 aliphatic carbocycles. The van der Waals surface area contributed by atoms with Gasteiger partial charge in [0.05, 0.1) is 10.0 Å². The van der Waals surface area contributed by atoms with Gasteiger partial charge < -0.3 is 10.6 Å². The summed E-state index contributed by atoms with van der Waals surface area (Å²) in [5, 5.41) is 6.35. The van der Waals surface area contributed by atoms with Crippen LogP contribution in [-0.4, -0.2) is 6.03 Å². The second-order valence-electron chi connectivity index (χ2n) is 4.59. The van der Waals surface area contributed by atoms with Crippen molar-refractivity contribution in [3.63, 3.8) is 0 Å². The van der Waals surface area contributed by atoms with Gasteiger partial charge in [0, 0.05) is 11.9 Å². The molecule has 3 nitrogen and oxygen atoms in total. The number of carbonyl (C=O) groups excluding carboxylic acids is 1. The highest BCUT2D eigenvalue weighted by Crippen LogP contribution is 2.25. The number of benzene rings is 1. The zero-order valence-corrected chi connectivity index (χ0v) is 12.0. The van der Waals surface area contributed by atoms with E-state index < -0.39 is 0 Å². The van der Waals surface area contributed by atoms with Gasteiger partial charge >= 0.3 is 6.03 Å². The molecule has 2 amide bonds. The van der Waals surface area contributed by atoms with Crippen molar-refractivity contribution in [3.05, 3.63) is 40.0 Å². The number of halogens is 2. The molecule has 0 unspecified atom stereocenters. The number of carbonyl (C=O) groups is 1. The second-order valence-corrected chi connectivity index (χ2v) is 5.40. The lowest BCUT2D eigenvalue weighted by molar-refractivity contribution is 0.255. The lowest BCUT2D eigenvalue weighted by atomic mass is 9.96. The van der Waals surface area contributed by atoms with Crippen LogP contribution in [0, 0.1) is 0 Å². The molecule has 2 N–H and O–H groups in total. The largest absolute Gasteiger partial charge is 0.323 e. The third-order valence-electron chi connectivity index (χ3n) is 3.08. The van der Waals surface area contributed by atoms with Gasteiger partial charge in [0.1, 0.15) is 0 Å². The number of hydrogen-bond donors (Lipinski definition) is 2. The first-order valence-corrected chi connectivity index (χ1v) is 7.11. The van der Waals surface area contributed by atoms with Gasteiger partial charge in [0.15, 0.2) is 0 Å². The summed E-state index contributed by atoms with van der Waals surface area (Å²) < 4.78 is 0. The highest BCUT2D eigenvalue weighted by molar-refractivity contribution is 6.42. The molecular weight excluding hydrogens is 283 g/mol. The molecule has 0 atom stereocenters. The van der Waals surface area contributed by atoms with E-state index in [9.17, 15) is 4.79 Å².